The first-order chi connectivity index (χ1) is 10.2. The minimum absolute atomic E-state index is 0. The third-order valence-corrected chi connectivity index (χ3v) is 5.66. The zero-order valence-corrected chi connectivity index (χ0v) is 14.7. The number of hydrogen-bond acceptors (Lipinski definition) is 3. The number of piperidine rings is 1. The van der Waals surface area contributed by atoms with Crippen LogP contribution in [0.25, 0.3) is 0 Å². The fourth-order valence-electron chi connectivity index (χ4n) is 4.41. The molecule has 0 aromatic carbocycles. The second-order valence-corrected chi connectivity index (χ2v) is 7.23. The Hall–Kier alpha value is -0.320. The topological polar surface area (TPSA) is 35.6 Å². The Bertz CT molecular complexity index is 360. The van der Waals surface area contributed by atoms with Gasteiger partial charge in [0.1, 0.15) is 0 Å². The second kappa shape index (κ2) is 8.51. The molecule has 1 amide bonds. The highest BCUT2D eigenvalue weighted by atomic mass is 35.5. The van der Waals surface area contributed by atoms with Gasteiger partial charge in [-0.05, 0) is 45.6 Å². The Morgan fingerprint density at radius 3 is 2.50 bits per heavy atom. The molecule has 0 bridgehead atoms. The molecule has 0 unspecified atom stereocenters. The number of halogens is 1. The standard InChI is InChI=1S/C17H31N3O.ClH/c1-14-13-15(7-8-18-14)17(21)20-10-4-9-19(11-12-20)16-5-2-3-6-16;/h14-16,18H,2-13H2,1H3;1H/t14-,15-;/m0./s1. The molecule has 1 N–H and O–H groups in total. The first-order valence-corrected chi connectivity index (χ1v) is 9.00. The maximum Gasteiger partial charge on any atom is 0.225 e. The van der Waals surface area contributed by atoms with Crippen LogP contribution in [-0.2, 0) is 4.79 Å². The van der Waals surface area contributed by atoms with Gasteiger partial charge < -0.3 is 10.2 Å². The molecule has 2 heterocycles. The van der Waals surface area contributed by atoms with Crippen molar-refractivity contribution in [3.8, 4) is 0 Å². The smallest absolute Gasteiger partial charge is 0.225 e. The van der Waals surface area contributed by atoms with Gasteiger partial charge in [0, 0.05) is 44.2 Å². The SMILES string of the molecule is C[C@H]1C[C@@H](C(=O)N2CCCN(C3CCCC3)CC2)CCN1.Cl. The normalized spacial score (nSPS) is 31.6. The summed E-state index contributed by atoms with van der Waals surface area (Å²) in [6, 6.07) is 1.30. The zero-order valence-electron chi connectivity index (χ0n) is 13.9. The number of nitrogens with zero attached hydrogens (tertiary/aromatic N) is 2. The quantitative estimate of drug-likeness (QED) is 0.844. The Morgan fingerprint density at radius 2 is 1.77 bits per heavy atom. The van der Waals surface area contributed by atoms with Crippen LogP contribution in [0.5, 0.6) is 0 Å². The highest BCUT2D eigenvalue weighted by molar-refractivity contribution is 5.85. The van der Waals surface area contributed by atoms with E-state index < -0.39 is 0 Å². The summed E-state index contributed by atoms with van der Waals surface area (Å²) >= 11 is 0. The first kappa shape index (κ1) is 18.0. The summed E-state index contributed by atoms with van der Waals surface area (Å²) < 4.78 is 0. The van der Waals surface area contributed by atoms with E-state index in [-0.39, 0.29) is 18.3 Å². The average Bonchev–Trinajstić information content (AvgIpc) is 2.91. The van der Waals surface area contributed by atoms with Crippen LogP contribution in [0.15, 0.2) is 0 Å². The summed E-state index contributed by atoms with van der Waals surface area (Å²) in [5.74, 6) is 0.691. The largest absolute Gasteiger partial charge is 0.341 e. The lowest BCUT2D eigenvalue weighted by atomic mass is 9.92. The molecule has 2 saturated heterocycles. The van der Waals surface area contributed by atoms with Crippen molar-refractivity contribution in [3.63, 3.8) is 0 Å². The van der Waals surface area contributed by atoms with Gasteiger partial charge in [0.25, 0.3) is 0 Å². The molecule has 2 atom stereocenters. The molecule has 1 aliphatic carbocycles. The Kier molecular flexibility index (Phi) is 6.97. The molecule has 22 heavy (non-hydrogen) atoms. The fraction of sp³-hybridized carbons (Fsp3) is 0.941. The van der Waals surface area contributed by atoms with Crippen LogP contribution < -0.4 is 5.32 Å². The van der Waals surface area contributed by atoms with Crippen LogP contribution in [-0.4, -0.2) is 60.5 Å². The molecule has 2 aliphatic heterocycles. The number of hydrogen-bond donors (Lipinski definition) is 1. The van der Waals surface area contributed by atoms with E-state index in [1.54, 1.807) is 0 Å². The Morgan fingerprint density at radius 1 is 1.00 bits per heavy atom. The molecule has 0 aromatic heterocycles. The van der Waals surface area contributed by atoms with E-state index in [9.17, 15) is 4.79 Å². The van der Waals surface area contributed by atoms with Gasteiger partial charge in [-0.3, -0.25) is 9.69 Å². The number of nitrogens with one attached hydrogen (secondary N) is 1. The van der Waals surface area contributed by atoms with Gasteiger partial charge in [-0.2, -0.15) is 0 Å². The molecule has 5 heteroatoms. The van der Waals surface area contributed by atoms with Crippen molar-refractivity contribution in [3.05, 3.63) is 0 Å². The molecule has 3 rings (SSSR count). The number of rotatable bonds is 2. The van der Waals surface area contributed by atoms with Crippen molar-refractivity contribution in [1.29, 1.82) is 0 Å². The Balaban J connectivity index is 0.00000176. The van der Waals surface area contributed by atoms with Gasteiger partial charge in [-0.15, -0.1) is 12.4 Å². The lowest BCUT2D eigenvalue weighted by Crippen LogP contribution is -2.45. The van der Waals surface area contributed by atoms with Crippen LogP contribution in [0.2, 0.25) is 0 Å². The monoisotopic (exact) mass is 329 g/mol. The minimum Gasteiger partial charge on any atom is -0.341 e. The van der Waals surface area contributed by atoms with Crippen LogP contribution in [0.4, 0.5) is 0 Å². The van der Waals surface area contributed by atoms with Crippen molar-refractivity contribution >= 4 is 18.3 Å². The third kappa shape index (κ3) is 4.36. The lowest BCUT2D eigenvalue weighted by molar-refractivity contribution is -0.136. The molecular weight excluding hydrogens is 298 g/mol. The van der Waals surface area contributed by atoms with Crippen LogP contribution >= 0.6 is 12.4 Å². The molecule has 4 nitrogen and oxygen atoms in total. The zero-order chi connectivity index (χ0) is 14.7. The third-order valence-electron chi connectivity index (χ3n) is 5.66. The number of carbonyl (C=O) groups excluding carboxylic acids is 1. The van der Waals surface area contributed by atoms with E-state index in [0.717, 1.165) is 51.5 Å². The first-order valence-electron chi connectivity index (χ1n) is 9.00. The molecule has 1 saturated carbocycles. The van der Waals surface area contributed by atoms with E-state index >= 15 is 0 Å². The van der Waals surface area contributed by atoms with Crippen molar-refractivity contribution in [2.24, 2.45) is 5.92 Å². The van der Waals surface area contributed by atoms with E-state index in [2.05, 4.69) is 22.0 Å². The average molecular weight is 330 g/mol. The summed E-state index contributed by atoms with van der Waals surface area (Å²) in [5.41, 5.74) is 0. The highest BCUT2D eigenvalue weighted by Gasteiger charge is 2.31. The molecule has 0 spiro atoms. The van der Waals surface area contributed by atoms with Crippen molar-refractivity contribution in [2.45, 2.75) is 64.0 Å². The fourth-order valence-corrected chi connectivity index (χ4v) is 4.41. The van der Waals surface area contributed by atoms with Crippen molar-refractivity contribution in [2.75, 3.05) is 32.7 Å². The lowest BCUT2D eigenvalue weighted by Gasteiger charge is -2.32. The van der Waals surface area contributed by atoms with Gasteiger partial charge in [-0.25, -0.2) is 0 Å². The highest BCUT2D eigenvalue weighted by Crippen LogP contribution is 2.25. The van der Waals surface area contributed by atoms with Crippen molar-refractivity contribution < 1.29 is 4.79 Å². The summed E-state index contributed by atoms with van der Waals surface area (Å²) in [6.07, 6.45) is 8.74. The molecule has 3 fully saturated rings. The van der Waals surface area contributed by atoms with Crippen LogP contribution in [0, 0.1) is 5.92 Å². The summed E-state index contributed by atoms with van der Waals surface area (Å²) in [4.78, 5) is 17.6. The predicted molar refractivity (Wildman–Crippen MR) is 92.5 cm³/mol. The summed E-state index contributed by atoms with van der Waals surface area (Å²) in [5, 5.41) is 3.45. The number of amides is 1. The molecule has 3 aliphatic rings. The van der Waals surface area contributed by atoms with E-state index in [1.807, 2.05) is 0 Å². The molecule has 0 radical (unpaired) electrons. The summed E-state index contributed by atoms with van der Waals surface area (Å²) in [7, 11) is 0. The summed E-state index contributed by atoms with van der Waals surface area (Å²) in [6.45, 7) is 7.41. The molecule has 128 valence electrons. The predicted octanol–water partition coefficient (Wildman–Crippen LogP) is 2.27. The Labute approximate surface area is 141 Å². The molecule has 0 aromatic rings. The van der Waals surface area contributed by atoms with Gasteiger partial charge in [0.2, 0.25) is 5.91 Å². The van der Waals surface area contributed by atoms with E-state index in [1.165, 1.54) is 32.2 Å². The van der Waals surface area contributed by atoms with Gasteiger partial charge in [0.05, 0.1) is 0 Å². The van der Waals surface area contributed by atoms with Crippen LogP contribution in [0.1, 0.15) is 51.9 Å². The maximum absolute atomic E-state index is 12.8. The van der Waals surface area contributed by atoms with Gasteiger partial charge >= 0.3 is 0 Å². The van der Waals surface area contributed by atoms with Gasteiger partial charge in [-0.1, -0.05) is 12.8 Å². The van der Waals surface area contributed by atoms with Crippen molar-refractivity contribution in [1.82, 2.24) is 15.1 Å². The maximum atomic E-state index is 12.8. The molecular formula is C17H32ClN3O. The minimum atomic E-state index is 0. The van der Waals surface area contributed by atoms with E-state index in [4.69, 9.17) is 0 Å². The van der Waals surface area contributed by atoms with Crippen LogP contribution in [0.3, 0.4) is 0 Å². The van der Waals surface area contributed by atoms with E-state index in [0.29, 0.717) is 11.9 Å². The number of carbonyl (C=O) groups is 1. The second-order valence-electron chi connectivity index (χ2n) is 7.23. The van der Waals surface area contributed by atoms with Gasteiger partial charge in [0.15, 0.2) is 0 Å².